The maximum absolute atomic E-state index is 6.07. The van der Waals surface area contributed by atoms with Gasteiger partial charge in [-0.1, -0.05) is 55.0 Å². The number of aryl methyl sites for hydroxylation is 1. The molecule has 0 aromatic heterocycles. The molecule has 0 saturated heterocycles. The largest absolute Gasteiger partial charge is 0.324 e. The molecule has 1 heteroatoms. The molecule has 0 aliphatic heterocycles. The van der Waals surface area contributed by atoms with Crippen LogP contribution in [0.25, 0.3) is 11.1 Å². The van der Waals surface area contributed by atoms with Crippen molar-refractivity contribution in [2.45, 2.75) is 26.3 Å². The molecular weight excluding hydrogens is 206 g/mol. The Morgan fingerprint density at radius 3 is 2.35 bits per heavy atom. The Kier molecular flexibility index (Phi) is 3.60. The van der Waals surface area contributed by atoms with Gasteiger partial charge in [-0.3, -0.25) is 0 Å². The van der Waals surface area contributed by atoms with Crippen molar-refractivity contribution in [2.75, 3.05) is 0 Å². The van der Waals surface area contributed by atoms with E-state index in [9.17, 15) is 0 Å². The van der Waals surface area contributed by atoms with Crippen molar-refractivity contribution in [1.29, 1.82) is 0 Å². The molecule has 88 valence electrons. The summed E-state index contributed by atoms with van der Waals surface area (Å²) >= 11 is 0. The molecule has 0 fully saturated rings. The Morgan fingerprint density at radius 1 is 1.00 bits per heavy atom. The van der Waals surface area contributed by atoms with Gasteiger partial charge in [0.2, 0.25) is 0 Å². The van der Waals surface area contributed by atoms with Crippen LogP contribution in [0.1, 0.15) is 30.5 Å². The standard InChI is InChI=1S/C16H19N/c1-3-16(17)15-6-4-5-14(11-15)13-9-7-12(2)8-10-13/h4-11,16H,3,17H2,1-2H3. The number of nitrogens with two attached hydrogens (primary N) is 1. The molecule has 2 aromatic rings. The summed E-state index contributed by atoms with van der Waals surface area (Å²) in [6.45, 7) is 4.22. The average molecular weight is 225 g/mol. The van der Waals surface area contributed by atoms with Crippen LogP contribution in [-0.2, 0) is 0 Å². The molecular formula is C16H19N. The minimum absolute atomic E-state index is 0.139. The third-order valence-corrected chi connectivity index (χ3v) is 3.14. The Hall–Kier alpha value is -1.60. The summed E-state index contributed by atoms with van der Waals surface area (Å²) in [5.41, 5.74) is 11.1. The third-order valence-electron chi connectivity index (χ3n) is 3.14. The first-order valence-electron chi connectivity index (χ1n) is 6.13. The average Bonchev–Trinajstić information content (AvgIpc) is 2.39. The van der Waals surface area contributed by atoms with Gasteiger partial charge in [0.15, 0.2) is 0 Å². The van der Waals surface area contributed by atoms with E-state index in [-0.39, 0.29) is 6.04 Å². The van der Waals surface area contributed by atoms with Crippen molar-refractivity contribution < 1.29 is 0 Å². The highest BCUT2D eigenvalue weighted by Gasteiger charge is 2.04. The van der Waals surface area contributed by atoms with E-state index in [1.54, 1.807) is 0 Å². The first kappa shape index (κ1) is 11.9. The van der Waals surface area contributed by atoms with E-state index in [1.165, 1.54) is 22.3 Å². The molecule has 0 bridgehead atoms. The first-order chi connectivity index (χ1) is 8.20. The molecule has 0 aliphatic carbocycles. The summed E-state index contributed by atoms with van der Waals surface area (Å²) in [7, 11) is 0. The molecule has 0 spiro atoms. The summed E-state index contributed by atoms with van der Waals surface area (Å²) in [5.74, 6) is 0. The normalized spacial score (nSPS) is 12.4. The van der Waals surface area contributed by atoms with E-state index in [2.05, 4.69) is 62.4 Å². The fraction of sp³-hybridized carbons (Fsp3) is 0.250. The zero-order valence-electron chi connectivity index (χ0n) is 10.5. The predicted octanol–water partition coefficient (Wildman–Crippen LogP) is 4.07. The Labute approximate surface area is 103 Å². The number of hydrogen-bond acceptors (Lipinski definition) is 1. The van der Waals surface area contributed by atoms with E-state index in [1.807, 2.05) is 0 Å². The fourth-order valence-electron chi connectivity index (χ4n) is 1.93. The molecule has 1 nitrogen and oxygen atoms in total. The molecule has 1 atom stereocenters. The van der Waals surface area contributed by atoms with Crippen molar-refractivity contribution in [2.24, 2.45) is 5.73 Å². The lowest BCUT2D eigenvalue weighted by Gasteiger charge is -2.11. The minimum atomic E-state index is 0.139. The first-order valence-corrected chi connectivity index (χ1v) is 6.13. The van der Waals surface area contributed by atoms with Gasteiger partial charge >= 0.3 is 0 Å². The summed E-state index contributed by atoms with van der Waals surface area (Å²) in [5, 5.41) is 0. The lowest BCUT2D eigenvalue weighted by molar-refractivity contribution is 0.699. The molecule has 0 heterocycles. The van der Waals surface area contributed by atoms with Gasteiger partial charge in [0.25, 0.3) is 0 Å². The highest BCUT2D eigenvalue weighted by atomic mass is 14.6. The van der Waals surface area contributed by atoms with Gasteiger partial charge in [-0.15, -0.1) is 0 Å². The monoisotopic (exact) mass is 225 g/mol. The maximum Gasteiger partial charge on any atom is 0.0292 e. The third kappa shape index (κ3) is 2.75. The van der Waals surface area contributed by atoms with Crippen LogP contribution >= 0.6 is 0 Å². The summed E-state index contributed by atoms with van der Waals surface area (Å²) < 4.78 is 0. The van der Waals surface area contributed by atoms with E-state index in [0.717, 1.165) is 6.42 Å². The van der Waals surface area contributed by atoms with Crippen LogP contribution in [0, 0.1) is 6.92 Å². The molecule has 0 saturated carbocycles. The Bertz CT molecular complexity index is 485. The van der Waals surface area contributed by atoms with Crippen LogP contribution in [-0.4, -0.2) is 0 Å². The van der Waals surface area contributed by atoms with Gasteiger partial charge in [0.05, 0.1) is 0 Å². The van der Waals surface area contributed by atoms with E-state index in [0.29, 0.717) is 0 Å². The van der Waals surface area contributed by atoms with Crippen LogP contribution in [0.2, 0.25) is 0 Å². The Balaban J connectivity index is 2.36. The minimum Gasteiger partial charge on any atom is -0.324 e. The Morgan fingerprint density at radius 2 is 1.71 bits per heavy atom. The molecule has 17 heavy (non-hydrogen) atoms. The van der Waals surface area contributed by atoms with E-state index < -0.39 is 0 Å². The molecule has 0 aliphatic rings. The molecule has 0 amide bonds. The zero-order valence-corrected chi connectivity index (χ0v) is 10.5. The van der Waals surface area contributed by atoms with Gasteiger partial charge in [-0.2, -0.15) is 0 Å². The number of benzene rings is 2. The molecule has 2 rings (SSSR count). The molecule has 0 radical (unpaired) electrons. The smallest absolute Gasteiger partial charge is 0.0292 e. The van der Waals surface area contributed by atoms with E-state index in [4.69, 9.17) is 5.73 Å². The SMILES string of the molecule is CCC(N)c1cccc(-c2ccc(C)cc2)c1. The van der Waals surface area contributed by atoms with Crippen LogP contribution in [0.5, 0.6) is 0 Å². The summed E-state index contributed by atoms with van der Waals surface area (Å²) in [4.78, 5) is 0. The topological polar surface area (TPSA) is 26.0 Å². The van der Waals surface area contributed by atoms with Crippen LogP contribution in [0.4, 0.5) is 0 Å². The second-order valence-corrected chi connectivity index (χ2v) is 4.51. The quantitative estimate of drug-likeness (QED) is 0.837. The molecule has 2 N–H and O–H groups in total. The maximum atomic E-state index is 6.07. The highest BCUT2D eigenvalue weighted by molar-refractivity contribution is 5.64. The van der Waals surface area contributed by atoms with Crippen molar-refractivity contribution in [1.82, 2.24) is 0 Å². The fourth-order valence-corrected chi connectivity index (χ4v) is 1.93. The summed E-state index contributed by atoms with van der Waals surface area (Å²) in [6.07, 6.45) is 0.970. The second kappa shape index (κ2) is 5.15. The van der Waals surface area contributed by atoms with Gasteiger partial charge in [0.1, 0.15) is 0 Å². The van der Waals surface area contributed by atoms with Crippen molar-refractivity contribution in [3.8, 4) is 11.1 Å². The number of hydrogen-bond donors (Lipinski definition) is 1. The van der Waals surface area contributed by atoms with Gasteiger partial charge in [-0.25, -0.2) is 0 Å². The lowest BCUT2D eigenvalue weighted by atomic mass is 9.98. The van der Waals surface area contributed by atoms with Crippen LogP contribution < -0.4 is 5.73 Å². The predicted molar refractivity (Wildman–Crippen MR) is 73.8 cm³/mol. The van der Waals surface area contributed by atoms with Gasteiger partial charge < -0.3 is 5.73 Å². The molecule has 2 aromatic carbocycles. The van der Waals surface area contributed by atoms with Crippen LogP contribution in [0.15, 0.2) is 48.5 Å². The zero-order chi connectivity index (χ0) is 12.3. The van der Waals surface area contributed by atoms with Crippen LogP contribution in [0.3, 0.4) is 0 Å². The van der Waals surface area contributed by atoms with Gasteiger partial charge in [0, 0.05) is 6.04 Å². The van der Waals surface area contributed by atoms with E-state index >= 15 is 0 Å². The van der Waals surface area contributed by atoms with Crippen molar-refractivity contribution in [3.63, 3.8) is 0 Å². The van der Waals surface area contributed by atoms with Crippen molar-refractivity contribution in [3.05, 3.63) is 59.7 Å². The second-order valence-electron chi connectivity index (χ2n) is 4.51. The lowest BCUT2D eigenvalue weighted by Crippen LogP contribution is -2.08. The summed E-state index contributed by atoms with van der Waals surface area (Å²) in [6, 6.07) is 17.3. The van der Waals surface area contributed by atoms with Crippen molar-refractivity contribution >= 4 is 0 Å². The number of rotatable bonds is 3. The van der Waals surface area contributed by atoms with Gasteiger partial charge in [-0.05, 0) is 36.1 Å². The molecule has 1 unspecified atom stereocenters. The highest BCUT2D eigenvalue weighted by Crippen LogP contribution is 2.23.